The summed E-state index contributed by atoms with van der Waals surface area (Å²) < 4.78 is 5.00. The fourth-order valence-electron chi connectivity index (χ4n) is 2.56. The number of aliphatic hydroxyl groups is 1. The minimum Gasteiger partial charge on any atom is -0.496 e. The van der Waals surface area contributed by atoms with Crippen molar-refractivity contribution in [1.82, 2.24) is 0 Å². The van der Waals surface area contributed by atoms with Gasteiger partial charge in [-0.25, -0.2) is 0 Å². The van der Waals surface area contributed by atoms with Gasteiger partial charge < -0.3 is 15.2 Å². The summed E-state index contributed by atoms with van der Waals surface area (Å²) in [6.07, 6.45) is 2.92. The van der Waals surface area contributed by atoms with E-state index in [4.69, 9.17) is 4.74 Å². The topological polar surface area (TPSA) is 84.6 Å². The van der Waals surface area contributed by atoms with Crippen LogP contribution in [-0.4, -0.2) is 29.8 Å². The first kappa shape index (κ1) is 13.6. The van der Waals surface area contributed by atoms with Gasteiger partial charge in [0, 0.05) is 18.6 Å². The molecule has 1 aromatic rings. The summed E-state index contributed by atoms with van der Waals surface area (Å²) >= 11 is 0. The standard InChI is InChI=1S/C13H18N2O4/c1-19-10-5-6-12(13(7-10)15(17)18)14-11-4-2-3-9(11)8-16/h5-7,9,11,14,16H,2-4,8H2,1H3. The SMILES string of the molecule is COc1ccc(NC2CCCC2CO)c([N+](=O)[O-])c1. The monoisotopic (exact) mass is 266 g/mol. The molecule has 0 bridgehead atoms. The lowest BCUT2D eigenvalue weighted by Gasteiger charge is -2.20. The molecule has 2 rings (SSSR count). The van der Waals surface area contributed by atoms with Crippen LogP contribution in [0.3, 0.4) is 0 Å². The summed E-state index contributed by atoms with van der Waals surface area (Å²) in [6.45, 7) is 0.113. The lowest BCUT2D eigenvalue weighted by atomic mass is 10.0. The molecule has 0 saturated heterocycles. The Balaban J connectivity index is 2.21. The van der Waals surface area contributed by atoms with Crippen molar-refractivity contribution in [3.8, 4) is 5.75 Å². The Hall–Kier alpha value is -1.82. The molecule has 19 heavy (non-hydrogen) atoms. The Morgan fingerprint density at radius 2 is 2.32 bits per heavy atom. The summed E-state index contributed by atoms with van der Waals surface area (Å²) in [5.41, 5.74) is 0.485. The average Bonchev–Trinajstić information content (AvgIpc) is 2.86. The minimum absolute atomic E-state index is 0.00272. The average molecular weight is 266 g/mol. The molecule has 1 fully saturated rings. The highest BCUT2D eigenvalue weighted by molar-refractivity contribution is 5.64. The first-order valence-electron chi connectivity index (χ1n) is 6.35. The van der Waals surface area contributed by atoms with E-state index < -0.39 is 4.92 Å². The Morgan fingerprint density at radius 1 is 1.53 bits per heavy atom. The molecule has 2 N–H and O–H groups in total. The number of nitrogens with zero attached hydrogens (tertiary/aromatic N) is 1. The second kappa shape index (κ2) is 5.88. The molecule has 0 spiro atoms. The van der Waals surface area contributed by atoms with Crippen molar-refractivity contribution in [2.45, 2.75) is 25.3 Å². The number of nitro benzene ring substituents is 1. The third kappa shape index (κ3) is 2.96. The molecule has 2 atom stereocenters. The maximum Gasteiger partial charge on any atom is 0.296 e. The number of benzene rings is 1. The van der Waals surface area contributed by atoms with Crippen molar-refractivity contribution in [2.75, 3.05) is 19.0 Å². The van der Waals surface area contributed by atoms with Crippen molar-refractivity contribution < 1.29 is 14.8 Å². The summed E-state index contributed by atoms with van der Waals surface area (Å²) in [7, 11) is 1.48. The Kier molecular flexibility index (Phi) is 4.21. The van der Waals surface area contributed by atoms with Crippen LogP contribution in [0.4, 0.5) is 11.4 Å². The van der Waals surface area contributed by atoms with Gasteiger partial charge in [-0.1, -0.05) is 6.42 Å². The summed E-state index contributed by atoms with van der Waals surface area (Å²) in [4.78, 5) is 10.7. The number of rotatable bonds is 5. The molecule has 104 valence electrons. The van der Waals surface area contributed by atoms with Crippen LogP contribution < -0.4 is 10.1 Å². The van der Waals surface area contributed by atoms with Crippen LogP contribution in [0.15, 0.2) is 18.2 Å². The number of hydrogen-bond acceptors (Lipinski definition) is 5. The second-order valence-electron chi connectivity index (χ2n) is 4.76. The van der Waals surface area contributed by atoms with E-state index >= 15 is 0 Å². The van der Waals surface area contributed by atoms with Crippen molar-refractivity contribution in [2.24, 2.45) is 5.92 Å². The van der Waals surface area contributed by atoms with E-state index in [1.54, 1.807) is 12.1 Å². The van der Waals surface area contributed by atoms with Crippen LogP contribution in [0.2, 0.25) is 0 Å². The fourth-order valence-corrected chi connectivity index (χ4v) is 2.56. The number of aliphatic hydroxyl groups excluding tert-OH is 1. The Bertz CT molecular complexity index is 464. The molecule has 1 aliphatic carbocycles. The van der Waals surface area contributed by atoms with E-state index in [0.29, 0.717) is 11.4 Å². The van der Waals surface area contributed by atoms with Crippen LogP contribution in [0, 0.1) is 16.0 Å². The van der Waals surface area contributed by atoms with Gasteiger partial charge in [-0.2, -0.15) is 0 Å². The Labute approximate surface area is 111 Å². The molecule has 1 saturated carbocycles. The molecule has 1 aliphatic rings. The first-order valence-corrected chi connectivity index (χ1v) is 6.35. The minimum atomic E-state index is -0.423. The third-order valence-corrected chi connectivity index (χ3v) is 3.64. The van der Waals surface area contributed by atoms with Gasteiger partial charge in [-0.05, 0) is 25.0 Å². The predicted molar refractivity (Wildman–Crippen MR) is 71.5 cm³/mol. The molecular formula is C13H18N2O4. The normalized spacial score (nSPS) is 22.2. The molecule has 0 heterocycles. The maximum atomic E-state index is 11.1. The van der Waals surface area contributed by atoms with Gasteiger partial charge in [0.15, 0.2) is 0 Å². The quantitative estimate of drug-likeness (QED) is 0.630. The van der Waals surface area contributed by atoms with Crippen molar-refractivity contribution in [1.29, 1.82) is 0 Å². The van der Waals surface area contributed by atoms with E-state index in [9.17, 15) is 15.2 Å². The number of nitrogens with one attached hydrogen (secondary N) is 1. The number of hydrogen-bond donors (Lipinski definition) is 2. The number of ether oxygens (including phenoxy) is 1. The molecular weight excluding hydrogens is 248 g/mol. The van der Waals surface area contributed by atoms with E-state index in [0.717, 1.165) is 19.3 Å². The molecule has 0 amide bonds. The van der Waals surface area contributed by atoms with Crippen molar-refractivity contribution in [3.63, 3.8) is 0 Å². The second-order valence-corrected chi connectivity index (χ2v) is 4.76. The first-order chi connectivity index (χ1) is 9.15. The smallest absolute Gasteiger partial charge is 0.296 e. The van der Waals surface area contributed by atoms with Gasteiger partial charge in [0.25, 0.3) is 5.69 Å². The number of anilines is 1. The van der Waals surface area contributed by atoms with Gasteiger partial charge >= 0.3 is 0 Å². The predicted octanol–water partition coefficient (Wildman–Crippen LogP) is 2.18. The van der Waals surface area contributed by atoms with E-state index in [1.807, 2.05) is 0 Å². The largest absolute Gasteiger partial charge is 0.496 e. The summed E-state index contributed by atoms with van der Waals surface area (Å²) in [6, 6.07) is 4.85. The van der Waals surface area contributed by atoms with Crippen molar-refractivity contribution >= 4 is 11.4 Å². The molecule has 6 heteroatoms. The van der Waals surface area contributed by atoms with Gasteiger partial charge in [-0.15, -0.1) is 0 Å². The molecule has 0 aliphatic heterocycles. The van der Waals surface area contributed by atoms with Crippen LogP contribution in [0.5, 0.6) is 5.75 Å². The van der Waals surface area contributed by atoms with Gasteiger partial charge in [0.1, 0.15) is 11.4 Å². The van der Waals surface area contributed by atoms with Crippen LogP contribution in [-0.2, 0) is 0 Å². The highest BCUT2D eigenvalue weighted by Gasteiger charge is 2.28. The lowest BCUT2D eigenvalue weighted by Crippen LogP contribution is -2.26. The zero-order valence-corrected chi connectivity index (χ0v) is 10.8. The van der Waals surface area contributed by atoms with Gasteiger partial charge in [0.05, 0.1) is 18.1 Å². The molecule has 0 aromatic heterocycles. The zero-order valence-electron chi connectivity index (χ0n) is 10.8. The summed E-state index contributed by atoms with van der Waals surface area (Å²) in [5.74, 6) is 0.629. The number of methoxy groups -OCH3 is 1. The highest BCUT2D eigenvalue weighted by atomic mass is 16.6. The lowest BCUT2D eigenvalue weighted by molar-refractivity contribution is -0.384. The number of nitro groups is 1. The molecule has 0 radical (unpaired) electrons. The molecule has 6 nitrogen and oxygen atoms in total. The molecule has 1 aromatic carbocycles. The Morgan fingerprint density at radius 3 is 2.95 bits per heavy atom. The van der Waals surface area contributed by atoms with Crippen molar-refractivity contribution in [3.05, 3.63) is 28.3 Å². The zero-order chi connectivity index (χ0) is 13.8. The maximum absolute atomic E-state index is 11.1. The van der Waals surface area contributed by atoms with Gasteiger partial charge in [0.2, 0.25) is 0 Å². The van der Waals surface area contributed by atoms with E-state index in [-0.39, 0.29) is 24.3 Å². The molecule has 2 unspecified atom stereocenters. The van der Waals surface area contributed by atoms with Crippen LogP contribution >= 0.6 is 0 Å². The van der Waals surface area contributed by atoms with Crippen LogP contribution in [0.1, 0.15) is 19.3 Å². The third-order valence-electron chi connectivity index (χ3n) is 3.64. The van der Waals surface area contributed by atoms with E-state index in [2.05, 4.69) is 5.32 Å². The summed E-state index contributed by atoms with van der Waals surface area (Å²) in [5, 5.41) is 23.5. The fraction of sp³-hybridized carbons (Fsp3) is 0.538. The van der Waals surface area contributed by atoms with Gasteiger partial charge in [-0.3, -0.25) is 10.1 Å². The highest BCUT2D eigenvalue weighted by Crippen LogP contribution is 2.33. The van der Waals surface area contributed by atoms with E-state index in [1.165, 1.54) is 13.2 Å². The van der Waals surface area contributed by atoms with Crippen LogP contribution in [0.25, 0.3) is 0 Å².